The van der Waals surface area contributed by atoms with Crippen LogP contribution < -0.4 is 15.4 Å². The van der Waals surface area contributed by atoms with Crippen LogP contribution in [0.2, 0.25) is 0 Å². The number of anilines is 2. The minimum Gasteiger partial charge on any atom is -0.494 e. The van der Waals surface area contributed by atoms with Crippen molar-refractivity contribution in [3.8, 4) is 5.75 Å². The van der Waals surface area contributed by atoms with Crippen LogP contribution in [0.3, 0.4) is 0 Å². The minimum absolute atomic E-state index is 0.173. The van der Waals surface area contributed by atoms with Crippen LogP contribution in [0.1, 0.15) is 22.3 Å². The number of benzene rings is 2. The molecule has 0 radical (unpaired) electrons. The summed E-state index contributed by atoms with van der Waals surface area (Å²) in [5, 5.41) is 7.75. The number of aromatic nitrogens is 1. The maximum atomic E-state index is 13.7. The number of hydrogen-bond acceptors (Lipinski definition) is 5. The van der Waals surface area contributed by atoms with Gasteiger partial charge in [0, 0.05) is 29.2 Å². The second-order valence-electron chi connectivity index (χ2n) is 5.89. The molecule has 1 aromatic heterocycles. The number of nitrogens with one attached hydrogen (secondary N) is 2. The van der Waals surface area contributed by atoms with Gasteiger partial charge in [-0.2, -0.15) is 0 Å². The van der Waals surface area contributed by atoms with Gasteiger partial charge < -0.3 is 10.1 Å². The molecule has 2 aromatic carbocycles. The van der Waals surface area contributed by atoms with Crippen molar-refractivity contribution in [3.05, 3.63) is 71.0 Å². The molecule has 2 N–H and O–H groups in total. The summed E-state index contributed by atoms with van der Waals surface area (Å²) in [5.41, 5.74) is 1.75. The standard InChI is InChI=1S/C20H18FN3O3S/c1-27-17-8-2-13(12-16(17)21)3-9-18(25)23-15-6-4-14(5-7-15)19(26)24-20-22-10-11-28-20/h2,4-8,10-12H,3,9H2,1H3,(H,23,25)(H,22,24,26). The molecule has 144 valence electrons. The second kappa shape index (κ2) is 9.09. The molecule has 2 amide bonds. The van der Waals surface area contributed by atoms with Gasteiger partial charge in [-0.1, -0.05) is 6.07 Å². The molecule has 8 heteroatoms. The lowest BCUT2D eigenvalue weighted by Gasteiger charge is -2.08. The number of nitrogens with zero attached hydrogens (tertiary/aromatic N) is 1. The summed E-state index contributed by atoms with van der Waals surface area (Å²) < 4.78 is 18.6. The van der Waals surface area contributed by atoms with Gasteiger partial charge in [0.25, 0.3) is 5.91 Å². The first kappa shape index (κ1) is 19.5. The van der Waals surface area contributed by atoms with Crippen LogP contribution in [0, 0.1) is 5.82 Å². The van der Waals surface area contributed by atoms with E-state index in [1.807, 2.05) is 0 Å². The number of amides is 2. The molecule has 0 bridgehead atoms. The second-order valence-corrected chi connectivity index (χ2v) is 6.78. The Bertz CT molecular complexity index is 959. The number of aryl methyl sites for hydroxylation is 1. The molecule has 28 heavy (non-hydrogen) atoms. The van der Waals surface area contributed by atoms with E-state index in [9.17, 15) is 14.0 Å². The van der Waals surface area contributed by atoms with Crippen molar-refractivity contribution in [3.63, 3.8) is 0 Å². The first-order valence-corrected chi connectivity index (χ1v) is 9.36. The van der Waals surface area contributed by atoms with E-state index in [4.69, 9.17) is 4.74 Å². The van der Waals surface area contributed by atoms with Crippen molar-refractivity contribution in [1.29, 1.82) is 0 Å². The van der Waals surface area contributed by atoms with E-state index in [2.05, 4.69) is 15.6 Å². The fraction of sp³-hybridized carbons (Fsp3) is 0.150. The highest BCUT2D eigenvalue weighted by molar-refractivity contribution is 7.13. The number of carbonyl (C=O) groups excluding carboxylic acids is 2. The van der Waals surface area contributed by atoms with Crippen LogP contribution in [-0.2, 0) is 11.2 Å². The molecule has 0 atom stereocenters. The van der Waals surface area contributed by atoms with Crippen LogP contribution in [0.25, 0.3) is 0 Å². The molecular formula is C20H18FN3O3S. The smallest absolute Gasteiger partial charge is 0.257 e. The maximum absolute atomic E-state index is 13.7. The van der Waals surface area contributed by atoms with E-state index in [1.54, 1.807) is 41.9 Å². The average molecular weight is 399 g/mol. The average Bonchev–Trinajstić information content (AvgIpc) is 3.20. The van der Waals surface area contributed by atoms with Crippen molar-refractivity contribution in [2.75, 3.05) is 17.7 Å². The summed E-state index contributed by atoms with van der Waals surface area (Å²) in [6.07, 6.45) is 2.22. The third kappa shape index (κ3) is 5.14. The summed E-state index contributed by atoms with van der Waals surface area (Å²) in [6.45, 7) is 0. The van der Waals surface area contributed by atoms with Gasteiger partial charge in [0.15, 0.2) is 16.7 Å². The molecule has 0 spiro atoms. The Labute approximate surface area is 165 Å². The van der Waals surface area contributed by atoms with Crippen molar-refractivity contribution >= 4 is 34.0 Å². The van der Waals surface area contributed by atoms with Crippen LogP contribution in [0.4, 0.5) is 15.2 Å². The number of hydrogen-bond donors (Lipinski definition) is 2. The van der Waals surface area contributed by atoms with Crippen molar-refractivity contribution in [1.82, 2.24) is 4.98 Å². The van der Waals surface area contributed by atoms with Crippen molar-refractivity contribution < 1.29 is 18.7 Å². The highest BCUT2D eigenvalue weighted by Crippen LogP contribution is 2.19. The van der Waals surface area contributed by atoms with E-state index < -0.39 is 5.82 Å². The van der Waals surface area contributed by atoms with Crippen LogP contribution in [0.15, 0.2) is 54.0 Å². The van der Waals surface area contributed by atoms with E-state index in [0.717, 1.165) is 0 Å². The first-order chi connectivity index (χ1) is 13.5. The Morgan fingerprint density at radius 2 is 1.93 bits per heavy atom. The van der Waals surface area contributed by atoms with Crippen LogP contribution >= 0.6 is 11.3 Å². The van der Waals surface area contributed by atoms with Gasteiger partial charge in [0.05, 0.1) is 7.11 Å². The van der Waals surface area contributed by atoms with E-state index in [1.165, 1.54) is 30.6 Å². The Kier molecular flexibility index (Phi) is 6.33. The molecule has 0 aliphatic heterocycles. The van der Waals surface area contributed by atoms with Gasteiger partial charge >= 0.3 is 0 Å². The van der Waals surface area contributed by atoms with Gasteiger partial charge in [0.2, 0.25) is 5.91 Å². The Morgan fingerprint density at radius 3 is 2.57 bits per heavy atom. The summed E-state index contributed by atoms with van der Waals surface area (Å²) in [7, 11) is 1.40. The van der Waals surface area contributed by atoms with Gasteiger partial charge in [-0.3, -0.25) is 14.9 Å². The molecule has 0 saturated carbocycles. The predicted octanol–water partition coefficient (Wildman–Crippen LogP) is 4.11. The Morgan fingerprint density at radius 1 is 1.14 bits per heavy atom. The Balaban J connectivity index is 1.51. The van der Waals surface area contributed by atoms with Crippen molar-refractivity contribution in [2.24, 2.45) is 0 Å². The number of methoxy groups -OCH3 is 1. The highest BCUT2D eigenvalue weighted by atomic mass is 32.1. The van der Waals surface area contributed by atoms with Crippen LogP contribution in [0.5, 0.6) is 5.75 Å². The van der Waals surface area contributed by atoms with Gasteiger partial charge in [-0.15, -0.1) is 11.3 Å². The summed E-state index contributed by atoms with van der Waals surface area (Å²) >= 11 is 1.33. The molecule has 0 aliphatic carbocycles. The third-order valence-corrected chi connectivity index (χ3v) is 4.63. The number of rotatable bonds is 7. The van der Waals surface area contributed by atoms with E-state index >= 15 is 0 Å². The van der Waals surface area contributed by atoms with Crippen molar-refractivity contribution in [2.45, 2.75) is 12.8 Å². The van der Waals surface area contributed by atoms with Gasteiger partial charge in [-0.25, -0.2) is 9.37 Å². The molecule has 0 fully saturated rings. The third-order valence-electron chi connectivity index (χ3n) is 3.94. The zero-order valence-corrected chi connectivity index (χ0v) is 15.9. The molecule has 3 rings (SSSR count). The normalized spacial score (nSPS) is 10.4. The quantitative estimate of drug-likeness (QED) is 0.626. The molecule has 0 unspecified atom stereocenters. The number of ether oxygens (including phenoxy) is 1. The van der Waals surface area contributed by atoms with Gasteiger partial charge in [0.1, 0.15) is 0 Å². The fourth-order valence-corrected chi connectivity index (χ4v) is 3.03. The minimum atomic E-state index is -0.452. The molecular weight excluding hydrogens is 381 g/mol. The zero-order valence-electron chi connectivity index (χ0n) is 15.1. The fourth-order valence-electron chi connectivity index (χ4n) is 2.51. The summed E-state index contributed by atoms with van der Waals surface area (Å²) in [5.74, 6) is -0.746. The van der Waals surface area contributed by atoms with Gasteiger partial charge in [-0.05, 0) is 48.4 Å². The lowest BCUT2D eigenvalue weighted by atomic mass is 10.1. The lowest BCUT2D eigenvalue weighted by molar-refractivity contribution is -0.116. The topological polar surface area (TPSA) is 80.3 Å². The summed E-state index contributed by atoms with van der Waals surface area (Å²) in [6, 6.07) is 11.2. The monoisotopic (exact) mass is 399 g/mol. The molecule has 0 aliphatic rings. The van der Waals surface area contributed by atoms with Crippen LogP contribution in [-0.4, -0.2) is 23.9 Å². The highest BCUT2D eigenvalue weighted by Gasteiger charge is 2.09. The number of halogens is 1. The molecule has 3 aromatic rings. The predicted molar refractivity (Wildman–Crippen MR) is 106 cm³/mol. The van der Waals surface area contributed by atoms with E-state index in [-0.39, 0.29) is 24.0 Å². The Hall–Kier alpha value is -3.26. The molecule has 1 heterocycles. The van der Waals surface area contributed by atoms with E-state index in [0.29, 0.717) is 28.4 Å². The lowest BCUT2D eigenvalue weighted by Crippen LogP contribution is -2.14. The largest absolute Gasteiger partial charge is 0.494 e. The molecule has 0 saturated heterocycles. The maximum Gasteiger partial charge on any atom is 0.257 e. The number of carbonyl (C=O) groups is 2. The molecule has 6 nitrogen and oxygen atoms in total. The SMILES string of the molecule is COc1ccc(CCC(=O)Nc2ccc(C(=O)Nc3nccs3)cc2)cc1F. The first-order valence-electron chi connectivity index (χ1n) is 8.48. The number of thiazole rings is 1. The summed E-state index contributed by atoms with van der Waals surface area (Å²) in [4.78, 5) is 28.2. The zero-order chi connectivity index (χ0) is 19.9.